The van der Waals surface area contributed by atoms with Crippen molar-refractivity contribution in [2.45, 2.75) is 26.4 Å². The van der Waals surface area contributed by atoms with Crippen LogP contribution in [-0.4, -0.2) is 37.4 Å². The summed E-state index contributed by atoms with van der Waals surface area (Å²) >= 11 is 0. The van der Waals surface area contributed by atoms with Gasteiger partial charge >= 0.3 is 0 Å². The zero-order chi connectivity index (χ0) is 26.2. The van der Waals surface area contributed by atoms with Crippen molar-refractivity contribution in [2.24, 2.45) is 10.8 Å². The van der Waals surface area contributed by atoms with Gasteiger partial charge < -0.3 is 25.1 Å². The molecule has 4 N–H and O–H groups in total. The number of carbonyl (C=O) groups is 2. The third-order valence-corrected chi connectivity index (χ3v) is 5.42. The Hall–Kier alpha value is -4.53. The third-order valence-electron chi connectivity index (χ3n) is 5.42. The first-order chi connectivity index (χ1) is 17.2. The number of nitrogens with two attached hydrogens (primary N) is 1. The minimum absolute atomic E-state index is 0.110. The van der Waals surface area contributed by atoms with Crippen molar-refractivity contribution in [3.05, 3.63) is 82.4 Å². The minimum atomic E-state index is -0.847. The largest absolute Gasteiger partial charge is 0.507 e. The molecule has 0 aliphatic rings. The number of hydrogen-bond acceptors (Lipinski definition) is 7. The van der Waals surface area contributed by atoms with E-state index in [1.807, 2.05) is 12.1 Å². The first-order valence-electron chi connectivity index (χ1n) is 11.2. The second kappa shape index (κ2) is 11.7. The van der Waals surface area contributed by atoms with Gasteiger partial charge in [0.05, 0.1) is 26.0 Å². The van der Waals surface area contributed by atoms with Crippen LogP contribution in [-0.2, 0) is 6.61 Å². The number of aromatic hydroxyl groups is 1. The van der Waals surface area contributed by atoms with E-state index in [0.717, 1.165) is 5.56 Å². The summed E-state index contributed by atoms with van der Waals surface area (Å²) in [5.74, 6) is 0.0219. The Bertz CT molecular complexity index is 1240. The number of primary amides is 1. The highest BCUT2D eigenvalue weighted by Gasteiger charge is 2.15. The molecular formula is C27H29N3O6. The SMILES string of the molecule is COc1cc(/C=N/NC(=O)c2ccc(O)c(C(N)=O)c2)cc(OC)c1OCc1ccc(C(C)C)cc1. The molecule has 0 aliphatic carbocycles. The number of hydrazone groups is 1. The van der Waals surface area contributed by atoms with Gasteiger partial charge in [0, 0.05) is 11.1 Å². The van der Waals surface area contributed by atoms with Crippen LogP contribution in [0.2, 0.25) is 0 Å². The molecule has 188 valence electrons. The molecular weight excluding hydrogens is 462 g/mol. The Morgan fingerprint density at radius 2 is 1.67 bits per heavy atom. The van der Waals surface area contributed by atoms with Crippen LogP contribution in [0.5, 0.6) is 23.0 Å². The molecule has 0 radical (unpaired) electrons. The third kappa shape index (κ3) is 6.32. The number of hydrogen-bond donors (Lipinski definition) is 3. The summed E-state index contributed by atoms with van der Waals surface area (Å²) < 4.78 is 17.0. The lowest BCUT2D eigenvalue weighted by atomic mass is 10.0. The Kier molecular flexibility index (Phi) is 8.51. The first-order valence-corrected chi connectivity index (χ1v) is 11.2. The fraction of sp³-hybridized carbons (Fsp3) is 0.222. The van der Waals surface area contributed by atoms with Gasteiger partial charge in [0.2, 0.25) is 5.75 Å². The van der Waals surface area contributed by atoms with E-state index in [-0.39, 0.29) is 16.9 Å². The van der Waals surface area contributed by atoms with E-state index in [1.54, 1.807) is 12.1 Å². The van der Waals surface area contributed by atoms with Crippen LogP contribution < -0.4 is 25.4 Å². The Balaban J connectivity index is 1.73. The van der Waals surface area contributed by atoms with E-state index in [9.17, 15) is 14.7 Å². The standard InChI is InChI=1S/C27H29N3O6/c1-16(2)19-7-5-17(6-8-19)15-36-25-23(34-3)11-18(12-24(25)35-4)14-29-30-27(33)20-9-10-22(31)21(13-20)26(28)32/h5-14,16,31H,15H2,1-4H3,(H2,28,32)(H,30,33)/b29-14+. The monoisotopic (exact) mass is 491 g/mol. The van der Waals surface area contributed by atoms with E-state index in [2.05, 4.69) is 36.5 Å². The fourth-order valence-electron chi connectivity index (χ4n) is 3.38. The average molecular weight is 492 g/mol. The predicted octanol–water partition coefficient (Wildman–Crippen LogP) is 3.97. The Morgan fingerprint density at radius 1 is 1.03 bits per heavy atom. The summed E-state index contributed by atoms with van der Waals surface area (Å²) in [7, 11) is 3.03. The van der Waals surface area contributed by atoms with Gasteiger partial charge in [0.1, 0.15) is 12.4 Å². The van der Waals surface area contributed by atoms with Crippen LogP contribution in [0.15, 0.2) is 59.7 Å². The van der Waals surface area contributed by atoms with Gasteiger partial charge in [-0.25, -0.2) is 5.43 Å². The predicted molar refractivity (Wildman–Crippen MR) is 136 cm³/mol. The maximum Gasteiger partial charge on any atom is 0.271 e. The highest BCUT2D eigenvalue weighted by Crippen LogP contribution is 2.38. The quantitative estimate of drug-likeness (QED) is 0.290. The van der Waals surface area contributed by atoms with Crippen molar-refractivity contribution in [3.63, 3.8) is 0 Å². The van der Waals surface area contributed by atoms with Crippen molar-refractivity contribution in [3.8, 4) is 23.0 Å². The summed E-state index contributed by atoms with van der Waals surface area (Å²) in [4.78, 5) is 23.7. The van der Waals surface area contributed by atoms with Crippen molar-refractivity contribution >= 4 is 18.0 Å². The van der Waals surface area contributed by atoms with Crippen molar-refractivity contribution in [2.75, 3.05) is 14.2 Å². The zero-order valence-electron chi connectivity index (χ0n) is 20.6. The highest BCUT2D eigenvalue weighted by atomic mass is 16.5. The van der Waals surface area contributed by atoms with E-state index < -0.39 is 11.8 Å². The van der Waals surface area contributed by atoms with Crippen molar-refractivity contribution in [1.29, 1.82) is 0 Å². The summed E-state index contributed by atoms with van der Waals surface area (Å²) in [5.41, 5.74) is 10.4. The maximum absolute atomic E-state index is 12.4. The first kappa shape index (κ1) is 26.1. The molecule has 0 saturated heterocycles. The summed E-state index contributed by atoms with van der Waals surface area (Å²) in [5, 5.41) is 13.6. The van der Waals surface area contributed by atoms with E-state index in [4.69, 9.17) is 19.9 Å². The number of nitrogens with zero attached hydrogens (tertiary/aromatic N) is 1. The fourth-order valence-corrected chi connectivity index (χ4v) is 3.38. The molecule has 0 heterocycles. The summed E-state index contributed by atoms with van der Waals surface area (Å²) in [6.07, 6.45) is 1.41. The second-order valence-electron chi connectivity index (χ2n) is 8.23. The van der Waals surface area contributed by atoms with Gasteiger partial charge in [-0.15, -0.1) is 0 Å². The van der Waals surface area contributed by atoms with Crippen LogP contribution >= 0.6 is 0 Å². The molecule has 9 heteroatoms. The molecule has 9 nitrogen and oxygen atoms in total. The molecule has 0 aromatic heterocycles. The van der Waals surface area contributed by atoms with Crippen molar-refractivity contribution in [1.82, 2.24) is 5.43 Å². The van der Waals surface area contributed by atoms with E-state index in [1.165, 1.54) is 44.2 Å². The normalized spacial score (nSPS) is 10.9. The van der Waals surface area contributed by atoms with Crippen LogP contribution in [0.25, 0.3) is 0 Å². The number of carbonyl (C=O) groups excluding carboxylic acids is 2. The van der Waals surface area contributed by atoms with Crippen LogP contribution in [0.1, 0.15) is 57.2 Å². The topological polar surface area (TPSA) is 132 Å². The van der Waals surface area contributed by atoms with Crippen LogP contribution in [0, 0.1) is 0 Å². The lowest BCUT2D eigenvalue weighted by molar-refractivity contribution is 0.0955. The highest BCUT2D eigenvalue weighted by molar-refractivity contribution is 6.01. The number of phenols is 1. The van der Waals surface area contributed by atoms with Crippen LogP contribution in [0.4, 0.5) is 0 Å². The number of rotatable bonds is 10. The molecule has 0 fully saturated rings. The molecule has 3 aromatic carbocycles. The molecule has 36 heavy (non-hydrogen) atoms. The minimum Gasteiger partial charge on any atom is -0.507 e. The molecule has 0 bridgehead atoms. The molecule has 0 aliphatic heterocycles. The van der Waals surface area contributed by atoms with Gasteiger partial charge in [-0.1, -0.05) is 38.1 Å². The number of amides is 2. The average Bonchev–Trinajstić information content (AvgIpc) is 2.87. The molecule has 0 spiro atoms. The van der Waals surface area contributed by atoms with Gasteiger partial charge in [-0.2, -0.15) is 5.10 Å². The molecule has 3 aromatic rings. The van der Waals surface area contributed by atoms with E-state index >= 15 is 0 Å². The van der Waals surface area contributed by atoms with Gasteiger partial charge in [-0.3, -0.25) is 9.59 Å². The summed E-state index contributed by atoms with van der Waals surface area (Å²) in [6.45, 7) is 4.61. The van der Waals surface area contributed by atoms with Gasteiger partial charge in [-0.05, 0) is 47.4 Å². The van der Waals surface area contributed by atoms with Crippen LogP contribution in [0.3, 0.4) is 0 Å². The maximum atomic E-state index is 12.4. The Morgan fingerprint density at radius 3 is 2.22 bits per heavy atom. The van der Waals surface area contributed by atoms with E-state index in [0.29, 0.717) is 35.3 Å². The zero-order valence-corrected chi connectivity index (χ0v) is 20.6. The smallest absolute Gasteiger partial charge is 0.271 e. The number of benzene rings is 3. The lowest BCUT2D eigenvalue weighted by Gasteiger charge is -2.15. The number of methoxy groups -OCH3 is 2. The molecule has 0 atom stereocenters. The number of nitrogens with one attached hydrogen (secondary N) is 1. The molecule has 3 rings (SSSR count). The van der Waals surface area contributed by atoms with Crippen molar-refractivity contribution < 1.29 is 28.9 Å². The molecule has 0 saturated carbocycles. The lowest BCUT2D eigenvalue weighted by Crippen LogP contribution is -2.19. The van der Waals surface area contributed by atoms with Gasteiger partial charge in [0.25, 0.3) is 11.8 Å². The summed E-state index contributed by atoms with van der Waals surface area (Å²) in [6, 6.07) is 15.4. The van der Waals surface area contributed by atoms with Gasteiger partial charge in [0.15, 0.2) is 11.5 Å². The molecule has 0 unspecified atom stereocenters. The number of ether oxygens (including phenoxy) is 3. The Labute approximate surface area is 209 Å². The second-order valence-corrected chi connectivity index (χ2v) is 8.23. The molecule has 2 amide bonds.